The van der Waals surface area contributed by atoms with Gasteiger partial charge in [-0.3, -0.25) is 9.69 Å². The molecule has 116 valence electrons. The molecule has 0 aromatic heterocycles. The molecule has 0 saturated carbocycles. The number of carbonyl (C=O) groups is 1. The molecule has 1 aromatic rings. The lowest BCUT2D eigenvalue weighted by molar-refractivity contribution is -0.120. The van der Waals surface area contributed by atoms with Crippen LogP contribution in [-0.2, 0) is 4.79 Å². The van der Waals surface area contributed by atoms with Gasteiger partial charge < -0.3 is 11.1 Å². The van der Waals surface area contributed by atoms with E-state index in [4.69, 9.17) is 28.9 Å². The highest BCUT2D eigenvalue weighted by Crippen LogP contribution is 2.34. The number of carbonyl (C=O) groups excluding carboxylic acids is 1. The highest BCUT2D eigenvalue weighted by Gasteiger charge is 2.34. The molecule has 0 aliphatic carbocycles. The summed E-state index contributed by atoms with van der Waals surface area (Å²) in [6, 6.07) is 2.93. The van der Waals surface area contributed by atoms with Crippen molar-refractivity contribution in [3.8, 4) is 0 Å². The minimum Gasteiger partial charge on any atom is -0.399 e. The zero-order chi connectivity index (χ0) is 15.8. The summed E-state index contributed by atoms with van der Waals surface area (Å²) >= 11 is 12.2. The first-order valence-corrected chi connectivity index (χ1v) is 7.75. The SMILES string of the molecule is CC(C(=O)Nc1c(Cl)cc(N)cc1Cl)N1CCC(C)(C)C1. The van der Waals surface area contributed by atoms with Crippen molar-refractivity contribution in [2.75, 3.05) is 24.1 Å². The van der Waals surface area contributed by atoms with Crippen molar-refractivity contribution in [2.45, 2.75) is 33.2 Å². The average molecular weight is 330 g/mol. The van der Waals surface area contributed by atoms with Gasteiger partial charge in [-0.15, -0.1) is 0 Å². The van der Waals surface area contributed by atoms with Gasteiger partial charge in [0.15, 0.2) is 0 Å². The largest absolute Gasteiger partial charge is 0.399 e. The minimum absolute atomic E-state index is 0.110. The number of amides is 1. The molecule has 1 saturated heterocycles. The molecular formula is C15H21Cl2N3O. The Hall–Kier alpha value is -0.970. The van der Waals surface area contributed by atoms with Gasteiger partial charge >= 0.3 is 0 Å². The number of rotatable bonds is 3. The molecule has 1 atom stereocenters. The van der Waals surface area contributed by atoms with Crippen LogP contribution >= 0.6 is 23.2 Å². The quantitative estimate of drug-likeness (QED) is 0.832. The molecule has 1 amide bonds. The molecule has 1 aliphatic heterocycles. The number of benzene rings is 1. The maximum atomic E-state index is 12.4. The van der Waals surface area contributed by atoms with E-state index in [-0.39, 0.29) is 17.4 Å². The van der Waals surface area contributed by atoms with Crippen molar-refractivity contribution >= 4 is 40.5 Å². The molecule has 0 radical (unpaired) electrons. The Bertz CT molecular complexity index is 537. The molecule has 2 rings (SSSR count). The molecule has 1 aromatic carbocycles. The van der Waals surface area contributed by atoms with E-state index >= 15 is 0 Å². The van der Waals surface area contributed by atoms with Crippen LogP contribution in [0.5, 0.6) is 0 Å². The van der Waals surface area contributed by atoms with Crippen LogP contribution in [0, 0.1) is 5.41 Å². The Morgan fingerprint density at radius 2 is 1.95 bits per heavy atom. The zero-order valence-electron chi connectivity index (χ0n) is 12.5. The molecule has 1 aliphatic rings. The van der Waals surface area contributed by atoms with E-state index in [1.165, 1.54) is 0 Å². The van der Waals surface area contributed by atoms with Gasteiger partial charge in [-0.2, -0.15) is 0 Å². The molecule has 4 nitrogen and oxygen atoms in total. The summed E-state index contributed by atoms with van der Waals surface area (Å²) in [7, 11) is 0. The second-order valence-electron chi connectivity index (χ2n) is 6.41. The Kier molecular flexibility index (Phi) is 4.71. The van der Waals surface area contributed by atoms with Crippen LogP contribution in [0.1, 0.15) is 27.2 Å². The second kappa shape index (κ2) is 6.03. The topological polar surface area (TPSA) is 58.4 Å². The predicted molar refractivity (Wildman–Crippen MR) is 88.9 cm³/mol. The van der Waals surface area contributed by atoms with E-state index < -0.39 is 0 Å². The van der Waals surface area contributed by atoms with Crippen molar-refractivity contribution in [2.24, 2.45) is 5.41 Å². The Labute approximate surface area is 135 Å². The van der Waals surface area contributed by atoms with Crippen LogP contribution in [0.25, 0.3) is 0 Å². The number of anilines is 2. The third-order valence-electron chi connectivity index (χ3n) is 3.95. The van der Waals surface area contributed by atoms with Crippen molar-refractivity contribution in [1.29, 1.82) is 0 Å². The summed E-state index contributed by atoms with van der Waals surface area (Å²) < 4.78 is 0. The predicted octanol–water partition coefficient (Wildman–Crippen LogP) is 3.63. The van der Waals surface area contributed by atoms with Crippen molar-refractivity contribution in [1.82, 2.24) is 4.90 Å². The third kappa shape index (κ3) is 3.82. The standard InChI is InChI=1S/C15H21Cl2N3O/c1-9(20-5-4-15(2,3)8-20)14(21)19-13-11(16)6-10(18)7-12(13)17/h6-7,9H,4-5,8,18H2,1-3H3,(H,19,21). The average Bonchev–Trinajstić information content (AvgIpc) is 2.73. The number of nitrogens with two attached hydrogens (primary N) is 1. The summed E-state index contributed by atoms with van der Waals surface area (Å²) in [5.41, 5.74) is 6.80. The molecule has 1 unspecified atom stereocenters. The second-order valence-corrected chi connectivity index (χ2v) is 7.22. The van der Waals surface area contributed by atoms with E-state index in [0.29, 0.717) is 21.4 Å². The van der Waals surface area contributed by atoms with Crippen LogP contribution < -0.4 is 11.1 Å². The monoisotopic (exact) mass is 329 g/mol. The lowest BCUT2D eigenvalue weighted by Gasteiger charge is -2.25. The summed E-state index contributed by atoms with van der Waals surface area (Å²) in [6.07, 6.45) is 1.09. The Morgan fingerprint density at radius 3 is 2.43 bits per heavy atom. The number of nitrogen functional groups attached to an aromatic ring is 1. The van der Waals surface area contributed by atoms with Crippen LogP contribution in [0.4, 0.5) is 11.4 Å². The fourth-order valence-corrected chi connectivity index (χ4v) is 3.19. The highest BCUT2D eigenvalue weighted by atomic mass is 35.5. The molecule has 1 heterocycles. The first-order chi connectivity index (χ1) is 9.69. The number of hydrogen-bond donors (Lipinski definition) is 2. The number of hydrogen-bond acceptors (Lipinski definition) is 3. The smallest absolute Gasteiger partial charge is 0.241 e. The molecule has 0 spiro atoms. The molecule has 3 N–H and O–H groups in total. The highest BCUT2D eigenvalue weighted by molar-refractivity contribution is 6.40. The molecule has 1 fully saturated rings. The van der Waals surface area contributed by atoms with Crippen molar-refractivity contribution in [3.63, 3.8) is 0 Å². The molecule has 6 heteroatoms. The van der Waals surface area contributed by atoms with E-state index in [0.717, 1.165) is 19.5 Å². The summed E-state index contributed by atoms with van der Waals surface area (Å²) in [5.74, 6) is -0.110. The van der Waals surface area contributed by atoms with Gasteiger partial charge in [0, 0.05) is 12.2 Å². The zero-order valence-corrected chi connectivity index (χ0v) is 14.1. The minimum atomic E-state index is -0.225. The van der Waals surface area contributed by atoms with Crippen LogP contribution in [0.15, 0.2) is 12.1 Å². The van der Waals surface area contributed by atoms with Gasteiger partial charge in [0.2, 0.25) is 5.91 Å². The number of halogens is 2. The summed E-state index contributed by atoms with van der Waals surface area (Å²) in [4.78, 5) is 14.6. The van der Waals surface area contributed by atoms with Gasteiger partial charge in [-0.25, -0.2) is 0 Å². The fraction of sp³-hybridized carbons (Fsp3) is 0.533. The maximum Gasteiger partial charge on any atom is 0.241 e. The van der Waals surface area contributed by atoms with E-state index in [1.807, 2.05) is 6.92 Å². The van der Waals surface area contributed by atoms with Gasteiger partial charge in [0.05, 0.1) is 21.8 Å². The molecular weight excluding hydrogens is 309 g/mol. The van der Waals surface area contributed by atoms with Gasteiger partial charge in [-0.1, -0.05) is 37.0 Å². The first kappa shape index (κ1) is 16.4. The maximum absolute atomic E-state index is 12.4. The van der Waals surface area contributed by atoms with E-state index in [1.54, 1.807) is 12.1 Å². The van der Waals surface area contributed by atoms with E-state index in [9.17, 15) is 4.79 Å². The summed E-state index contributed by atoms with van der Waals surface area (Å²) in [6.45, 7) is 8.15. The Balaban J connectivity index is 2.08. The van der Waals surface area contributed by atoms with Gasteiger partial charge in [-0.05, 0) is 37.4 Å². The lowest BCUT2D eigenvalue weighted by atomic mass is 9.93. The number of likely N-dealkylation sites (tertiary alicyclic amines) is 1. The van der Waals surface area contributed by atoms with Gasteiger partial charge in [0.25, 0.3) is 0 Å². The van der Waals surface area contributed by atoms with Crippen LogP contribution in [0.3, 0.4) is 0 Å². The first-order valence-electron chi connectivity index (χ1n) is 6.99. The summed E-state index contributed by atoms with van der Waals surface area (Å²) in [5, 5.41) is 3.51. The normalized spacial score (nSPS) is 19.5. The lowest BCUT2D eigenvalue weighted by Crippen LogP contribution is -2.41. The van der Waals surface area contributed by atoms with Crippen LogP contribution in [0.2, 0.25) is 10.0 Å². The van der Waals surface area contributed by atoms with Gasteiger partial charge in [0.1, 0.15) is 0 Å². The number of nitrogens with one attached hydrogen (secondary N) is 1. The van der Waals surface area contributed by atoms with Crippen molar-refractivity contribution < 1.29 is 4.79 Å². The Morgan fingerprint density at radius 1 is 1.38 bits per heavy atom. The molecule has 0 bridgehead atoms. The number of nitrogens with zero attached hydrogens (tertiary/aromatic N) is 1. The fourth-order valence-electron chi connectivity index (χ4n) is 2.59. The van der Waals surface area contributed by atoms with E-state index in [2.05, 4.69) is 24.1 Å². The van der Waals surface area contributed by atoms with Crippen molar-refractivity contribution in [3.05, 3.63) is 22.2 Å². The third-order valence-corrected chi connectivity index (χ3v) is 4.54. The van der Waals surface area contributed by atoms with Crippen LogP contribution in [-0.4, -0.2) is 29.9 Å². The molecule has 21 heavy (non-hydrogen) atoms.